The third kappa shape index (κ3) is 3.22. The molecule has 0 fully saturated rings. The third-order valence-corrected chi connectivity index (χ3v) is 2.21. The molecule has 0 bridgehead atoms. The second-order valence-corrected chi connectivity index (χ2v) is 3.56. The number of para-hydroxylation sites is 1. The Kier molecular flexibility index (Phi) is 3.37. The van der Waals surface area contributed by atoms with Crippen molar-refractivity contribution < 1.29 is 22.8 Å². The average Bonchev–Trinajstić information content (AvgIpc) is 2.05. The molecule has 0 aromatic heterocycles. The lowest BCUT2D eigenvalue weighted by Crippen LogP contribution is -2.18. The molecule has 0 saturated carbocycles. The normalized spacial score (nSPS) is 11.2. The van der Waals surface area contributed by atoms with Gasteiger partial charge in [0.15, 0.2) is 0 Å². The van der Waals surface area contributed by atoms with Gasteiger partial charge >= 0.3 is 12.0 Å². The second-order valence-electron chi connectivity index (χ2n) is 2.39. The lowest BCUT2D eigenvalue weighted by molar-refractivity contribution is -0.388. The van der Waals surface area contributed by atoms with Crippen LogP contribution in [0.5, 0.6) is 5.75 Å². The Labute approximate surface area is 95.3 Å². The van der Waals surface area contributed by atoms with Crippen molar-refractivity contribution in [2.45, 2.75) is 6.36 Å². The first-order valence-electron chi connectivity index (χ1n) is 3.50. The van der Waals surface area contributed by atoms with Crippen LogP contribution in [0.4, 0.5) is 18.9 Å². The molecule has 0 aliphatic rings. The number of nitro benzene ring substituents is 1. The zero-order valence-corrected chi connectivity index (χ0v) is 9.07. The molecule has 0 heterocycles. The number of hydrogen-bond acceptors (Lipinski definition) is 3. The van der Waals surface area contributed by atoms with Gasteiger partial charge in [-0.1, -0.05) is 6.07 Å². The van der Waals surface area contributed by atoms with Crippen molar-refractivity contribution in [3.63, 3.8) is 0 Å². The predicted octanol–water partition coefficient (Wildman–Crippen LogP) is 3.10. The summed E-state index contributed by atoms with van der Waals surface area (Å²) in [5.41, 5.74) is -0.709. The number of nitro groups is 1. The molecule has 15 heavy (non-hydrogen) atoms. The summed E-state index contributed by atoms with van der Waals surface area (Å²) in [5.74, 6) is -0.782. The van der Waals surface area contributed by atoms with Crippen LogP contribution in [-0.4, -0.2) is 11.3 Å². The Bertz CT molecular complexity index is 394. The van der Waals surface area contributed by atoms with Crippen LogP contribution in [0.2, 0.25) is 0 Å². The highest BCUT2D eigenvalue weighted by Crippen LogP contribution is 2.35. The molecular weight excluding hydrogens is 330 g/mol. The van der Waals surface area contributed by atoms with Crippen molar-refractivity contribution in [2.24, 2.45) is 0 Å². The van der Waals surface area contributed by atoms with E-state index in [1.54, 1.807) is 0 Å². The van der Waals surface area contributed by atoms with Crippen LogP contribution in [0.15, 0.2) is 18.2 Å². The lowest BCUT2D eigenvalue weighted by atomic mass is 10.3. The maximum atomic E-state index is 11.9. The maximum Gasteiger partial charge on any atom is 0.573 e. The summed E-state index contributed by atoms with van der Waals surface area (Å²) in [6, 6.07) is 3.51. The molecule has 0 saturated heterocycles. The fourth-order valence-corrected chi connectivity index (χ4v) is 1.45. The summed E-state index contributed by atoms with van der Waals surface area (Å²) in [7, 11) is 0. The van der Waals surface area contributed by atoms with Gasteiger partial charge in [-0.05, 0) is 28.7 Å². The molecule has 0 atom stereocenters. The Morgan fingerprint density at radius 2 is 2.00 bits per heavy atom. The Hall–Kier alpha value is -1.06. The fraction of sp³-hybridized carbons (Fsp3) is 0.143. The van der Waals surface area contributed by atoms with E-state index in [2.05, 4.69) is 4.74 Å². The highest BCUT2D eigenvalue weighted by molar-refractivity contribution is 14.1. The molecule has 0 aliphatic heterocycles. The van der Waals surface area contributed by atoms with Crippen molar-refractivity contribution in [2.75, 3.05) is 0 Å². The van der Waals surface area contributed by atoms with E-state index >= 15 is 0 Å². The van der Waals surface area contributed by atoms with Crippen LogP contribution in [0, 0.1) is 13.7 Å². The molecule has 0 unspecified atom stereocenters. The van der Waals surface area contributed by atoms with Gasteiger partial charge in [-0.15, -0.1) is 13.2 Å². The van der Waals surface area contributed by atoms with Crippen molar-refractivity contribution in [1.29, 1.82) is 0 Å². The molecule has 82 valence electrons. The zero-order valence-electron chi connectivity index (χ0n) is 6.92. The molecule has 1 rings (SSSR count). The van der Waals surface area contributed by atoms with Gasteiger partial charge in [-0.25, -0.2) is 0 Å². The van der Waals surface area contributed by atoms with Crippen molar-refractivity contribution in [1.82, 2.24) is 0 Å². The van der Waals surface area contributed by atoms with Crippen molar-refractivity contribution in [3.8, 4) is 5.75 Å². The van der Waals surface area contributed by atoms with Crippen LogP contribution >= 0.6 is 22.6 Å². The Morgan fingerprint density at radius 3 is 2.47 bits per heavy atom. The molecule has 1 aromatic rings. The van der Waals surface area contributed by atoms with Gasteiger partial charge < -0.3 is 4.74 Å². The summed E-state index contributed by atoms with van der Waals surface area (Å²) in [4.78, 5) is 9.49. The number of rotatable bonds is 2. The highest BCUT2D eigenvalue weighted by atomic mass is 127. The van der Waals surface area contributed by atoms with Gasteiger partial charge in [0, 0.05) is 6.07 Å². The van der Waals surface area contributed by atoms with E-state index < -0.39 is 22.7 Å². The first-order chi connectivity index (χ1) is 6.81. The minimum Gasteiger partial charge on any atom is -0.397 e. The molecular formula is C7H3F3INO3. The average molecular weight is 333 g/mol. The molecule has 0 N–H and O–H groups in total. The molecule has 1 aromatic carbocycles. The zero-order chi connectivity index (χ0) is 11.6. The number of ether oxygens (including phenoxy) is 1. The number of hydrogen-bond donors (Lipinski definition) is 0. The first kappa shape index (κ1) is 12.0. The summed E-state index contributed by atoms with van der Waals surface area (Å²) in [6.45, 7) is 0. The van der Waals surface area contributed by atoms with Crippen LogP contribution < -0.4 is 4.74 Å². The van der Waals surface area contributed by atoms with Crippen LogP contribution in [0.1, 0.15) is 0 Å². The molecule has 0 aliphatic carbocycles. The minimum atomic E-state index is -4.94. The van der Waals surface area contributed by atoms with E-state index in [9.17, 15) is 23.3 Å². The second kappa shape index (κ2) is 4.21. The SMILES string of the molecule is O=[N+]([O-])c1cccc(I)c1OC(F)(F)F. The predicted molar refractivity (Wildman–Crippen MR) is 52.5 cm³/mol. The summed E-state index contributed by atoms with van der Waals surface area (Å²) < 4.78 is 39.4. The molecule has 0 radical (unpaired) electrons. The van der Waals surface area contributed by atoms with E-state index in [0.717, 1.165) is 6.07 Å². The molecule has 8 heteroatoms. The van der Waals surface area contributed by atoms with Crippen LogP contribution in [0.3, 0.4) is 0 Å². The third-order valence-electron chi connectivity index (χ3n) is 1.36. The van der Waals surface area contributed by atoms with E-state index in [-0.39, 0.29) is 3.57 Å². The number of nitrogens with zero attached hydrogens (tertiary/aromatic N) is 1. The quantitative estimate of drug-likeness (QED) is 0.475. The number of alkyl halides is 3. The van der Waals surface area contributed by atoms with Crippen LogP contribution in [-0.2, 0) is 0 Å². The van der Waals surface area contributed by atoms with E-state index in [1.165, 1.54) is 34.7 Å². The summed E-state index contributed by atoms with van der Waals surface area (Å²) in [6.07, 6.45) is -4.94. The number of benzene rings is 1. The lowest BCUT2D eigenvalue weighted by Gasteiger charge is -2.10. The summed E-state index contributed by atoms with van der Waals surface area (Å²) >= 11 is 1.53. The minimum absolute atomic E-state index is 0.0270. The van der Waals surface area contributed by atoms with E-state index in [0.29, 0.717) is 0 Å². The summed E-state index contributed by atoms with van der Waals surface area (Å²) in [5, 5.41) is 10.4. The van der Waals surface area contributed by atoms with E-state index in [1.807, 2.05) is 0 Å². The topological polar surface area (TPSA) is 52.4 Å². The Morgan fingerprint density at radius 1 is 1.40 bits per heavy atom. The van der Waals surface area contributed by atoms with Crippen LogP contribution in [0.25, 0.3) is 0 Å². The van der Waals surface area contributed by atoms with Gasteiger partial charge in [-0.3, -0.25) is 10.1 Å². The van der Waals surface area contributed by atoms with Gasteiger partial charge in [-0.2, -0.15) is 0 Å². The van der Waals surface area contributed by atoms with Crippen molar-refractivity contribution in [3.05, 3.63) is 31.9 Å². The van der Waals surface area contributed by atoms with Gasteiger partial charge in [0.05, 0.1) is 8.49 Å². The smallest absolute Gasteiger partial charge is 0.397 e. The molecule has 0 amide bonds. The van der Waals surface area contributed by atoms with Gasteiger partial charge in [0.2, 0.25) is 5.75 Å². The maximum absolute atomic E-state index is 11.9. The van der Waals surface area contributed by atoms with Gasteiger partial charge in [0.25, 0.3) is 0 Å². The highest BCUT2D eigenvalue weighted by Gasteiger charge is 2.35. The monoisotopic (exact) mass is 333 g/mol. The molecule has 0 spiro atoms. The fourth-order valence-electron chi connectivity index (χ4n) is 0.858. The van der Waals surface area contributed by atoms with Crippen molar-refractivity contribution >= 4 is 28.3 Å². The van der Waals surface area contributed by atoms with Gasteiger partial charge in [0.1, 0.15) is 0 Å². The first-order valence-corrected chi connectivity index (χ1v) is 4.58. The Balaban J connectivity index is 3.19. The van der Waals surface area contributed by atoms with E-state index in [4.69, 9.17) is 0 Å². The number of halogens is 4. The largest absolute Gasteiger partial charge is 0.573 e. The standard InChI is InChI=1S/C7H3F3INO3/c8-7(9,10)15-6-4(11)2-1-3-5(6)12(13)14/h1-3H. The molecule has 4 nitrogen and oxygen atoms in total.